The molecule has 0 aromatic carbocycles. The molecule has 0 amide bonds. The first-order valence-electron chi connectivity index (χ1n) is 4.91. The second kappa shape index (κ2) is 2.44. The van der Waals surface area contributed by atoms with Crippen LogP contribution in [0.3, 0.4) is 0 Å². The highest BCUT2D eigenvalue weighted by Crippen LogP contribution is 2.44. The van der Waals surface area contributed by atoms with Crippen LogP contribution in [0.5, 0.6) is 0 Å². The van der Waals surface area contributed by atoms with Gasteiger partial charge in [0.1, 0.15) is 0 Å². The maximum Gasteiger partial charge on any atom is 0.0643 e. The van der Waals surface area contributed by atoms with Gasteiger partial charge in [-0.2, -0.15) is 0 Å². The van der Waals surface area contributed by atoms with Gasteiger partial charge in [0, 0.05) is 19.1 Å². The summed E-state index contributed by atoms with van der Waals surface area (Å²) in [5, 5.41) is 6.98. The van der Waals surface area contributed by atoms with Gasteiger partial charge in [-0.25, -0.2) is 0 Å². The van der Waals surface area contributed by atoms with Gasteiger partial charge in [-0.15, -0.1) is 0 Å². The van der Waals surface area contributed by atoms with Crippen molar-refractivity contribution in [2.24, 2.45) is 5.41 Å². The summed E-state index contributed by atoms with van der Waals surface area (Å²) in [5.74, 6) is 0. The lowest BCUT2D eigenvalue weighted by molar-refractivity contribution is -0.0411. The predicted octanol–water partition coefficient (Wildman–Crippen LogP) is -0.273. The third kappa shape index (κ3) is 1.00. The lowest BCUT2D eigenvalue weighted by Gasteiger charge is -2.55. The summed E-state index contributed by atoms with van der Waals surface area (Å²) < 4.78 is 5.12. The first-order valence-corrected chi connectivity index (χ1v) is 4.91. The Kier molecular flexibility index (Phi) is 1.48. The third-order valence-corrected chi connectivity index (χ3v) is 3.47. The van der Waals surface area contributed by atoms with Crippen LogP contribution in [0.25, 0.3) is 0 Å². The number of hydrogen-bond donors (Lipinski definition) is 2. The Morgan fingerprint density at radius 3 is 2.33 bits per heavy atom. The van der Waals surface area contributed by atoms with Crippen molar-refractivity contribution in [3.8, 4) is 0 Å². The van der Waals surface area contributed by atoms with Gasteiger partial charge < -0.3 is 15.4 Å². The summed E-state index contributed by atoms with van der Waals surface area (Å²) in [5.41, 5.74) is 0.711. The fourth-order valence-electron chi connectivity index (χ4n) is 2.54. The van der Waals surface area contributed by atoms with Crippen molar-refractivity contribution >= 4 is 0 Å². The second-order valence-corrected chi connectivity index (χ2v) is 4.61. The van der Waals surface area contributed by atoms with E-state index in [1.807, 2.05) is 0 Å². The molecule has 0 unspecified atom stereocenters. The molecule has 1 spiro atoms. The smallest absolute Gasteiger partial charge is 0.0643 e. The van der Waals surface area contributed by atoms with E-state index in [1.165, 1.54) is 25.9 Å². The molecule has 3 fully saturated rings. The van der Waals surface area contributed by atoms with Crippen LogP contribution in [-0.4, -0.2) is 38.4 Å². The van der Waals surface area contributed by atoms with Gasteiger partial charge in [-0.3, -0.25) is 0 Å². The summed E-state index contributed by atoms with van der Waals surface area (Å²) in [6.45, 7) is 4.38. The number of hydrogen-bond acceptors (Lipinski definition) is 3. The quantitative estimate of drug-likeness (QED) is 0.595. The molecule has 12 heavy (non-hydrogen) atoms. The van der Waals surface area contributed by atoms with E-state index in [-0.39, 0.29) is 0 Å². The maximum atomic E-state index is 5.12. The van der Waals surface area contributed by atoms with Gasteiger partial charge in [0.15, 0.2) is 0 Å². The minimum Gasteiger partial charge on any atom is -0.378 e. The molecule has 2 aliphatic heterocycles. The first kappa shape index (κ1) is 7.30. The molecule has 1 saturated carbocycles. The van der Waals surface area contributed by atoms with E-state index in [4.69, 9.17) is 4.74 Å². The molecular formula is C9H16N2O. The van der Waals surface area contributed by atoms with Gasteiger partial charge in [0.05, 0.1) is 19.3 Å². The van der Waals surface area contributed by atoms with Gasteiger partial charge in [-0.05, 0) is 18.3 Å². The van der Waals surface area contributed by atoms with Crippen molar-refractivity contribution in [3.63, 3.8) is 0 Å². The molecular weight excluding hydrogens is 152 g/mol. The number of rotatable bonds is 2. The molecule has 0 aromatic rings. The Morgan fingerprint density at radius 2 is 1.92 bits per heavy atom. The Bertz CT molecular complexity index is 176. The van der Waals surface area contributed by atoms with E-state index in [2.05, 4.69) is 10.6 Å². The number of nitrogens with one attached hydrogen (secondary N) is 2. The highest BCUT2D eigenvalue weighted by atomic mass is 16.5. The lowest BCUT2D eigenvalue weighted by Crippen LogP contribution is -2.66. The fraction of sp³-hybridized carbons (Fsp3) is 1.00. The van der Waals surface area contributed by atoms with Gasteiger partial charge in [0.25, 0.3) is 0 Å². The largest absolute Gasteiger partial charge is 0.378 e. The zero-order valence-electron chi connectivity index (χ0n) is 7.31. The molecule has 3 aliphatic rings. The summed E-state index contributed by atoms with van der Waals surface area (Å²) in [6, 6.07) is 1.46. The first-order chi connectivity index (χ1) is 5.86. The van der Waals surface area contributed by atoms with Crippen LogP contribution >= 0.6 is 0 Å². The normalized spacial score (nSPS) is 34.0. The van der Waals surface area contributed by atoms with Crippen molar-refractivity contribution in [3.05, 3.63) is 0 Å². The minimum atomic E-state index is 0.667. The summed E-state index contributed by atoms with van der Waals surface area (Å²) in [7, 11) is 0. The van der Waals surface area contributed by atoms with Gasteiger partial charge >= 0.3 is 0 Å². The van der Waals surface area contributed by atoms with Crippen LogP contribution in [-0.2, 0) is 4.74 Å². The van der Waals surface area contributed by atoms with Crippen LogP contribution in [0.2, 0.25) is 0 Å². The van der Waals surface area contributed by atoms with E-state index in [1.54, 1.807) is 0 Å². The molecule has 2 heterocycles. The highest BCUT2D eigenvalue weighted by molar-refractivity contribution is 5.06. The standard InChI is InChI=1S/C9H16N2O/c1-7(11-8-3-12-4-8)2-9(1)5-10-6-9/h7-8,10-11H,1-6H2. The van der Waals surface area contributed by atoms with Crippen molar-refractivity contribution < 1.29 is 4.74 Å². The van der Waals surface area contributed by atoms with Crippen LogP contribution in [0.15, 0.2) is 0 Å². The molecule has 2 N–H and O–H groups in total. The SMILES string of the molecule is C1OCC1NC1CC2(CNC2)C1. The number of ether oxygens (including phenoxy) is 1. The Morgan fingerprint density at radius 1 is 1.17 bits per heavy atom. The van der Waals surface area contributed by atoms with Crippen LogP contribution < -0.4 is 10.6 Å². The summed E-state index contributed by atoms with van der Waals surface area (Å²) >= 11 is 0. The molecule has 0 atom stereocenters. The fourth-order valence-corrected chi connectivity index (χ4v) is 2.54. The van der Waals surface area contributed by atoms with E-state index in [0.29, 0.717) is 11.5 Å². The van der Waals surface area contributed by atoms with Gasteiger partial charge in [0.2, 0.25) is 0 Å². The lowest BCUT2D eigenvalue weighted by atomic mass is 9.61. The third-order valence-electron chi connectivity index (χ3n) is 3.47. The van der Waals surface area contributed by atoms with Crippen molar-refractivity contribution in [2.45, 2.75) is 24.9 Å². The molecule has 0 radical (unpaired) electrons. The highest BCUT2D eigenvalue weighted by Gasteiger charge is 2.48. The summed E-state index contributed by atoms with van der Waals surface area (Å²) in [6.07, 6.45) is 2.77. The maximum absolute atomic E-state index is 5.12. The molecule has 3 heteroatoms. The van der Waals surface area contributed by atoms with Crippen molar-refractivity contribution in [1.82, 2.24) is 10.6 Å². The van der Waals surface area contributed by atoms with E-state index in [0.717, 1.165) is 19.3 Å². The average Bonchev–Trinajstić information content (AvgIpc) is 1.76. The van der Waals surface area contributed by atoms with Crippen LogP contribution in [0, 0.1) is 5.41 Å². The molecule has 3 rings (SSSR count). The van der Waals surface area contributed by atoms with E-state index >= 15 is 0 Å². The predicted molar refractivity (Wildman–Crippen MR) is 46.1 cm³/mol. The van der Waals surface area contributed by atoms with Crippen molar-refractivity contribution in [1.29, 1.82) is 0 Å². The Labute approximate surface area is 72.9 Å². The van der Waals surface area contributed by atoms with Gasteiger partial charge in [-0.1, -0.05) is 0 Å². The molecule has 2 saturated heterocycles. The molecule has 0 bridgehead atoms. The zero-order valence-corrected chi connectivity index (χ0v) is 7.31. The van der Waals surface area contributed by atoms with Crippen LogP contribution in [0.1, 0.15) is 12.8 Å². The average molecular weight is 168 g/mol. The van der Waals surface area contributed by atoms with E-state index in [9.17, 15) is 0 Å². The molecule has 3 nitrogen and oxygen atoms in total. The molecule has 1 aliphatic carbocycles. The zero-order chi connectivity index (χ0) is 8.02. The topological polar surface area (TPSA) is 33.3 Å². The Hall–Kier alpha value is -0.120. The second-order valence-electron chi connectivity index (χ2n) is 4.61. The Balaban J connectivity index is 1.43. The summed E-state index contributed by atoms with van der Waals surface area (Å²) in [4.78, 5) is 0. The molecule has 68 valence electrons. The minimum absolute atomic E-state index is 0.667. The molecule has 0 aromatic heterocycles. The monoisotopic (exact) mass is 168 g/mol. The van der Waals surface area contributed by atoms with E-state index < -0.39 is 0 Å². The van der Waals surface area contributed by atoms with Crippen molar-refractivity contribution in [2.75, 3.05) is 26.3 Å². The van der Waals surface area contributed by atoms with Crippen LogP contribution in [0.4, 0.5) is 0 Å².